The van der Waals surface area contributed by atoms with Crippen LogP contribution in [0.5, 0.6) is 0 Å². The summed E-state index contributed by atoms with van der Waals surface area (Å²) in [5.74, 6) is -0.348. The monoisotopic (exact) mass is 528 g/mol. The smallest absolute Gasteiger partial charge is 0.271 e. The molecule has 1 amide bonds. The number of benzene rings is 3. The van der Waals surface area contributed by atoms with Gasteiger partial charge >= 0.3 is 0 Å². The summed E-state index contributed by atoms with van der Waals surface area (Å²) < 4.78 is 28.2. The third kappa shape index (κ3) is 6.03. The molecule has 0 unspecified atom stereocenters. The van der Waals surface area contributed by atoms with Crippen molar-refractivity contribution in [2.45, 2.75) is 34.2 Å². The Morgan fingerprint density at radius 3 is 2.26 bits per heavy atom. The molecule has 8 heteroatoms. The fourth-order valence-electron chi connectivity index (χ4n) is 4.49. The van der Waals surface area contributed by atoms with Gasteiger partial charge in [0.2, 0.25) is 10.0 Å². The summed E-state index contributed by atoms with van der Waals surface area (Å²) in [5, 5.41) is 4.18. The van der Waals surface area contributed by atoms with E-state index in [0.717, 1.165) is 28.2 Å². The molecule has 0 spiro atoms. The molecule has 0 atom stereocenters. The molecule has 0 saturated carbocycles. The minimum absolute atomic E-state index is 0.166. The summed E-state index contributed by atoms with van der Waals surface area (Å²) in [4.78, 5) is 12.7. The molecule has 196 valence electrons. The highest BCUT2D eigenvalue weighted by atomic mass is 32.2. The van der Waals surface area contributed by atoms with Gasteiger partial charge in [-0.2, -0.15) is 5.10 Å². The zero-order valence-corrected chi connectivity index (χ0v) is 23.1. The predicted molar refractivity (Wildman–Crippen MR) is 154 cm³/mol. The highest BCUT2D eigenvalue weighted by Gasteiger charge is 2.18. The van der Waals surface area contributed by atoms with Crippen LogP contribution in [0.3, 0.4) is 0 Å². The van der Waals surface area contributed by atoms with E-state index in [1.807, 2.05) is 26.0 Å². The molecular weight excluding hydrogens is 496 g/mol. The molecule has 7 nitrogen and oxygen atoms in total. The van der Waals surface area contributed by atoms with Gasteiger partial charge in [0.05, 0.1) is 24.7 Å². The molecule has 3 aromatic carbocycles. The van der Waals surface area contributed by atoms with Gasteiger partial charge in [-0.25, -0.2) is 13.8 Å². The van der Waals surface area contributed by atoms with Crippen LogP contribution in [0.25, 0.3) is 5.69 Å². The van der Waals surface area contributed by atoms with Crippen LogP contribution in [0, 0.1) is 27.7 Å². The number of hydrazone groups is 1. The number of hydrogen-bond acceptors (Lipinski definition) is 4. The van der Waals surface area contributed by atoms with Crippen LogP contribution >= 0.6 is 0 Å². The van der Waals surface area contributed by atoms with Crippen molar-refractivity contribution in [1.82, 2.24) is 9.99 Å². The number of rotatable bonds is 8. The van der Waals surface area contributed by atoms with Crippen LogP contribution in [0.2, 0.25) is 0 Å². The van der Waals surface area contributed by atoms with Gasteiger partial charge in [0, 0.05) is 28.2 Å². The highest BCUT2D eigenvalue weighted by molar-refractivity contribution is 7.92. The molecule has 38 heavy (non-hydrogen) atoms. The lowest BCUT2D eigenvalue weighted by Crippen LogP contribution is -2.29. The summed E-state index contributed by atoms with van der Waals surface area (Å²) in [6.45, 7) is 8.42. The van der Waals surface area contributed by atoms with Gasteiger partial charge in [0.1, 0.15) is 0 Å². The van der Waals surface area contributed by atoms with E-state index in [4.69, 9.17) is 0 Å². The first-order chi connectivity index (χ1) is 18.0. The van der Waals surface area contributed by atoms with Crippen LogP contribution in [-0.4, -0.2) is 31.4 Å². The molecule has 4 rings (SSSR count). The normalized spacial score (nSPS) is 11.6. The van der Waals surface area contributed by atoms with Crippen LogP contribution < -0.4 is 9.73 Å². The largest absolute Gasteiger partial charge is 0.318 e. The summed E-state index contributed by atoms with van der Waals surface area (Å²) >= 11 is 0. The van der Waals surface area contributed by atoms with Crippen LogP contribution in [0.4, 0.5) is 5.69 Å². The van der Waals surface area contributed by atoms with Gasteiger partial charge in [0.25, 0.3) is 5.91 Å². The number of carbonyl (C=O) groups excluding carboxylic acids is 1. The Morgan fingerprint density at radius 1 is 0.947 bits per heavy atom. The summed E-state index contributed by atoms with van der Waals surface area (Å²) in [6.07, 6.45) is 2.83. The van der Waals surface area contributed by atoms with Gasteiger partial charge < -0.3 is 4.57 Å². The molecule has 0 aliphatic rings. The van der Waals surface area contributed by atoms with Gasteiger partial charge in [-0.3, -0.25) is 9.10 Å². The minimum atomic E-state index is -3.47. The van der Waals surface area contributed by atoms with E-state index in [1.165, 1.54) is 21.7 Å². The Morgan fingerprint density at radius 2 is 1.63 bits per heavy atom. The van der Waals surface area contributed by atoms with Gasteiger partial charge in [-0.1, -0.05) is 48.0 Å². The second kappa shape index (κ2) is 11.1. The van der Waals surface area contributed by atoms with Crippen molar-refractivity contribution in [1.29, 1.82) is 0 Å². The van der Waals surface area contributed by atoms with E-state index in [2.05, 4.69) is 47.1 Å². The maximum atomic E-state index is 12.7. The molecular formula is C30H32N4O3S. The molecule has 1 N–H and O–H groups in total. The zero-order chi connectivity index (χ0) is 27.4. The molecule has 0 radical (unpaired) electrons. The number of anilines is 1. The highest BCUT2D eigenvalue weighted by Crippen LogP contribution is 2.23. The maximum absolute atomic E-state index is 12.7. The maximum Gasteiger partial charge on any atom is 0.271 e. The number of aryl methyl sites for hydroxylation is 3. The molecule has 4 aromatic rings. The Labute approximate surface area is 224 Å². The van der Waals surface area contributed by atoms with Crippen molar-refractivity contribution < 1.29 is 13.2 Å². The van der Waals surface area contributed by atoms with Crippen molar-refractivity contribution in [3.63, 3.8) is 0 Å². The first kappa shape index (κ1) is 26.9. The SMILES string of the molecule is Cc1ccc(-n2c(C)cc(C=NNC(=O)c3ccc(CN(c4ccccc4)S(C)(=O)=O)cc3)c2C)c(C)c1. The lowest BCUT2D eigenvalue weighted by atomic mass is 10.1. The number of sulfonamides is 1. The van der Waals surface area contributed by atoms with E-state index in [0.29, 0.717) is 11.3 Å². The minimum Gasteiger partial charge on any atom is -0.318 e. The van der Waals surface area contributed by atoms with Crippen molar-refractivity contribution in [3.8, 4) is 5.69 Å². The Balaban J connectivity index is 1.44. The number of nitrogens with zero attached hydrogens (tertiary/aromatic N) is 3. The zero-order valence-electron chi connectivity index (χ0n) is 22.3. The number of hydrogen-bond donors (Lipinski definition) is 1. The first-order valence-electron chi connectivity index (χ1n) is 12.3. The second-order valence-electron chi connectivity index (χ2n) is 9.45. The van der Waals surface area contributed by atoms with Crippen molar-refractivity contribution in [2.24, 2.45) is 5.10 Å². The topological polar surface area (TPSA) is 83.8 Å². The summed E-state index contributed by atoms with van der Waals surface area (Å²) in [7, 11) is -3.47. The first-order valence-corrected chi connectivity index (χ1v) is 14.1. The number of carbonyl (C=O) groups is 1. The standard InChI is InChI=1S/C30H32N4O3S/c1-21-11-16-29(22(2)17-21)34-23(3)18-27(24(34)4)19-31-32-30(35)26-14-12-25(13-15-26)20-33(38(5,36)37)28-9-7-6-8-10-28/h6-19H,20H2,1-5H3,(H,32,35). The molecule has 0 fully saturated rings. The van der Waals surface area contributed by atoms with E-state index >= 15 is 0 Å². The van der Waals surface area contributed by atoms with Crippen molar-refractivity contribution in [3.05, 3.63) is 118 Å². The van der Waals surface area contributed by atoms with Crippen molar-refractivity contribution in [2.75, 3.05) is 10.6 Å². The van der Waals surface area contributed by atoms with Crippen molar-refractivity contribution >= 4 is 27.8 Å². The number of para-hydroxylation sites is 1. The number of aromatic nitrogens is 1. The van der Waals surface area contributed by atoms with Gasteiger partial charge in [0.15, 0.2) is 0 Å². The van der Waals surface area contributed by atoms with Gasteiger partial charge in [-0.15, -0.1) is 0 Å². The lowest BCUT2D eigenvalue weighted by molar-refractivity contribution is 0.0955. The summed E-state index contributed by atoms with van der Waals surface area (Å²) in [6, 6.07) is 24.2. The fraction of sp³-hybridized carbons (Fsp3) is 0.200. The Bertz CT molecular complexity index is 1590. The van der Waals surface area contributed by atoms with E-state index in [-0.39, 0.29) is 12.5 Å². The van der Waals surface area contributed by atoms with Crippen LogP contribution in [0.1, 0.15) is 44.0 Å². The molecule has 0 saturated heterocycles. The fourth-order valence-corrected chi connectivity index (χ4v) is 5.38. The third-order valence-electron chi connectivity index (χ3n) is 6.42. The molecule has 0 aliphatic carbocycles. The molecule has 0 bridgehead atoms. The number of nitrogens with one attached hydrogen (secondary N) is 1. The Kier molecular flexibility index (Phi) is 7.83. The van der Waals surface area contributed by atoms with Crippen LogP contribution in [0.15, 0.2) is 84.0 Å². The quantitative estimate of drug-likeness (QED) is 0.244. The Hall–Kier alpha value is -4.17. The number of amides is 1. The van der Waals surface area contributed by atoms with Crippen LogP contribution in [-0.2, 0) is 16.6 Å². The molecule has 0 aliphatic heterocycles. The van der Waals surface area contributed by atoms with E-state index in [9.17, 15) is 13.2 Å². The second-order valence-corrected chi connectivity index (χ2v) is 11.4. The van der Waals surface area contributed by atoms with E-state index in [1.54, 1.807) is 54.7 Å². The predicted octanol–water partition coefficient (Wildman–Crippen LogP) is 5.44. The van der Waals surface area contributed by atoms with Gasteiger partial charge in [-0.05, 0) is 75.2 Å². The molecule has 1 aromatic heterocycles. The average molecular weight is 529 g/mol. The molecule has 1 heterocycles. The van der Waals surface area contributed by atoms with E-state index < -0.39 is 10.0 Å². The third-order valence-corrected chi connectivity index (χ3v) is 7.56. The average Bonchev–Trinajstić information content (AvgIpc) is 3.15. The lowest BCUT2D eigenvalue weighted by Gasteiger charge is -2.22. The summed E-state index contributed by atoms with van der Waals surface area (Å²) in [5.41, 5.74) is 10.9.